The molecule has 2 rings (SSSR count). The van der Waals surface area contributed by atoms with Crippen LogP contribution in [0, 0.1) is 0 Å². The fraction of sp³-hybridized carbons (Fsp3) is 0.200. The number of amides is 1. The summed E-state index contributed by atoms with van der Waals surface area (Å²) in [6.07, 6.45) is 0.732. The molecule has 0 saturated heterocycles. The predicted molar refractivity (Wildman–Crippen MR) is 51.1 cm³/mol. The number of aliphatic imine (C=N–C) groups is 1. The number of amidine groups is 1. The van der Waals surface area contributed by atoms with E-state index in [2.05, 4.69) is 10.3 Å². The first-order chi connectivity index (χ1) is 6.25. The van der Waals surface area contributed by atoms with Crippen LogP contribution in [0.1, 0.15) is 12.5 Å². The number of hydrogen-bond acceptors (Lipinski definition) is 2. The molecule has 66 valence electrons. The molecule has 0 atom stereocenters. The third-order valence-corrected chi connectivity index (χ3v) is 1.93. The summed E-state index contributed by atoms with van der Waals surface area (Å²) in [7, 11) is 0. The summed E-state index contributed by atoms with van der Waals surface area (Å²) in [6, 6.07) is 7.89. The fourth-order valence-corrected chi connectivity index (χ4v) is 1.41. The second-order valence-electron chi connectivity index (χ2n) is 3.05. The zero-order chi connectivity index (χ0) is 9.26. The molecule has 1 amide bonds. The maximum absolute atomic E-state index is 10.8. The second kappa shape index (κ2) is 3.01. The van der Waals surface area contributed by atoms with E-state index in [-0.39, 0.29) is 5.91 Å². The first kappa shape index (κ1) is 7.98. The Morgan fingerprint density at radius 2 is 2.23 bits per heavy atom. The molecule has 0 spiro atoms. The van der Waals surface area contributed by atoms with Gasteiger partial charge in [-0.1, -0.05) is 18.2 Å². The minimum absolute atomic E-state index is 0.0634. The molecule has 0 fully saturated rings. The summed E-state index contributed by atoms with van der Waals surface area (Å²) < 4.78 is 0. The van der Waals surface area contributed by atoms with Crippen LogP contribution in [0.25, 0.3) is 0 Å². The summed E-state index contributed by atoms with van der Waals surface area (Å²) in [5, 5.41) is 2.70. The highest BCUT2D eigenvalue weighted by molar-refractivity contribution is 6.02. The van der Waals surface area contributed by atoms with Gasteiger partial charge in [0.05, 0.1) is 5.69 Å². The Balaban J connectivity index is 2.21. The number of hydrogen-bond donors (Lipinski definition) is 1. The molecule has 0 radical (unpaired) electrons. The Hall–Kier alpha value is -1.64. The third kappa shape index (κ3) is 1.59. The van der Waals surface area contributed by atoms with E-state index < -0.39 is 0 Å². The molecule has 3 nitrogen and oxygen atoms in total. The standard InChI is InChI=1S/C10H10N2O/c1-7(13)11-10-6-8-4-2-3-5-9(8)12-10/h2-5H,6H2,1H3,(H,11,12,13). The molecule has 1 aromatic rings. The molecular weight excluding hydrogens is 164 g/mol. The van der Waals surface area contributed by atoms with Gasteiger partial charge in [0.2, 0.25) is 5.91 Å². The summed E-state index contributed by atoms with van der Waals surface area (Å²) in [5.41, 5.74) is 2.14. The number of carbonyl (C=O) groups is 1. The van der Waals surface area contributed by atoms with Crippen LogP contribution in [-0.2, 0) is 11.2 Å². The van der Waals surface area contributed by atoms with Gasteiger partial charge in [-0.25, -0.2) is 4.99 Å². The van der Waals surface area contributed by atoms with Crippen LogP contribution in [0.3, 0.4) is 0 Å². The monoisotopic (exact) mass is 174 g/mol. The molecule has 1 aliphatic rings. The van der Waals surface area contributed by atoms with Crippen molar-refractivity contribution >= 4 is 17.4 Å². The highest BCUT2D eigenvalue weighted by atomic mass is 16.1. The first-order valence-electron chi connectivity index (χ1n) is 4.19. The lowest BCUT2D eigenvalue weighted by molar-refractivity contribution is -0.117. The maximum atomic E-state index is 10.8. The third-order valence-electron chi connectivity index (χ3n) is 1.93. The average Bonchev–Trinajstić information content (AvgIpc) is 2.44. The topological polar surface area (TPSA) is 41.5 Å². The van der Waals surface area contributed by atoms with E-state index in [0.29, 0.717) is 0 Å². The van der Waals surface area contributed by atoms with Crippen LogP contribution in [0.2, 0.25) is 0 Å². The molecule has 0 bridgehead atoms. The molecule has 0 unspecified atom stereocenters. The lowest BCUT2D eigenvalue weighted by atomic mass is 10.1. The normalized spacial score (nSPS) is 13.5. The minimum Gasteiger partial charge on any atom is -0.314 e. The quantitative estimate of drug-likeness (QED) is 0.634. The van der Waals surface area contributed by atoms with Crippen molar-refractivity contribution in [3.63, 3.8) is 0 Å². The summed E-state index contributed by atoms with van der Waals surface area (Å²) in [4.78, 5) is 15.0. The van der Waals surface area contributed by atoms with Gasteiger partial charge in [0.1, 0.15) is 5.84 Å². The van der Waals surface area contributed by atoms with Gasteiger partial charge in [-0.2, -0.15) is 0 Å². The molecule has 0 aliphatic carbocycles. The van der Waals surface area contributed by atoms with Gasteiger partial charge in [0.25, 0.3) is 0 Å². The van der Waals surface area contributed by atoms with Gasteiger partial charge in [-0.15, -0.1) is 0 Å². The van der Waals surface area contributed by atoms with Crippen molar-refractivity contribution in [2.75, 3.05) is 0 Å². The Bertz CT molecular complexity index is 382. The number of fused-ring (bicyclic) bond motifs is 1. The number of benzene rings is 1. The molecule has 1 aliphatic heterocycles. The summed E-state index contributed by atoms with van der Waals surface area (Å²) >= 11 is 0. The Labute approximate surface area is 76.5 Å². The van der Waals surface area contributed by atoms with Crippen molar-refractivity contribution in [1.82, 2.24) is 5.32 Å². The van der Waals surface area contributed by atoms with Crippen molar-refractivity contribution in [1.29, 1.82) is 0 Å². The van der Waals surface area contributed by atoms with Crippen molar-refractivity contribution in [2.24, 2.45) is 4.99 Å². The van der Waals surface area contributed by atoms with E-state index in [1.807, 2.05) is 24.3 Å². The van der Waals surface area contributed by atoms with Crippen LogP contribution < -0.4 is 5.32 Å². The van der Waals surface area contributed by atoms with Gasteiger partial charge in [-0.05, 0) is 11.6 Å². The Morgan fingerprint density at radius 3 is 2.92 bits per heavy atom. The Morgan fingerprint density at radius 1 is 1.46 bits per heavy atom. The van der Waals surface area contributed by atoms with Crippen LogP contribution in [0.15, 0.2) is 29.3 Å². The lowest BCUT2D eigenvalue weighted by Gasteiger charge is -1.97. The van der Waals surface area contributed by atoms with E-state index >= 15 is 0 Å². The molecular formula is C10H10N2O. The van der Waals surface area contributed by atoms with E-state index in [1.165, 1.54) is 12.5 Å². The van der Waals surface area contributed by atoms with Gasteiger partial charge >= 0.3 is 0 Å². The van der Waals surface area contributed by atoms with Crippen LogP contribution in [0.4, 0.5) is 5.69 Å². The van der Waals surface area contributed by atoms with E-state index in [9.17, 15) is 4.79 Å². The fourth-order valence-electron chi connectivity index (χ4n) is 1.41. The largest absolute Gasteiger partial charge is 0.314 e. The molecule has 1 aromatic carbocycles. The van der Waals surface area contributed by atoms with E-state index in [1.54, 1.807) is 0 Å². The van der Waals surface area contributed by atoms with Crippen LogP contribution in [0.5, 0.6) is 0 Å². The molecule has 1 N–H and O–H groups in total. The van der Waals surface area contributed by atoms with E-state index in [0.717, 1.165) is 17.9 Å². The van der Waals surface area contributed by atoms with E-state index in [4.69, 9.17) is 0 Å². The minimum atomic E-state index is -0.0634. The van der Waals surface area contributed by atoms with Crippen LogP contribution >= 0.6 is 0 Å². The predicted octanol–water partition coefficient (Wildman–Crippen LogP) is 1.41. The maximum Gasteiger partial charge on any atom is 0.222 e. The smallest absolute Gasteiger partial charge is 0.222 e. The SMILES string of the molecule is CC(=O)NC1=Nc2ccccc2C1. The van der Waals surface area contributed by atoms with Gasteiger partial charge < -0.3 is 5.32 Å². The molecule has 0 saturated carbocycles. The molecule has 0 aromatic heterocycles. The van der Waals surface area contributed by atoms with Crippen molar-refractivity contribution in [3.8, 4) is 0 Å². The average molecular weight is 174 g/mol. The Kier molecular flexibility index (Phi) is 1.85. The summed E-state index contributed by atoms with van der Waals surface area (Å²) in [5.74, 6) is 0.681. The highest BCUT2D eigenvalue weighted by Gasteiger charge is 2.13. The van der Waals surface area contributed by atoms with Crippen molar-refractivity contribution < 1.29 is 4.79 Å². The molecule has 1 heterocycles. The first-order valence-corrected chi connectivity index (χ1v) is 4.19. The zero-order valence-electron chi connectivity index (χ0n) is 7.37. The number of nitrogens with zero attached hydrogens (tertiary/aromatic N) is 1. The number of para-hydroxylation sites is 1. The zero-order valence-corrected chi connectivity index (χ0v) is 7.37. The second-order valence-corrected chi connectivity index (χ2v) is 3.05. The summed E-state index contributed by atoms with van der Waals surface area (Å²) in [6.45, 7) is 1.49. The van der Waals surface area contributed by atoms with Gasteiger partial charge in [-0.3, -0.25) is 4.79 Å². The highest BCUT2D eigenvalue weighted by Crippen LogP contribution is 2.24. The van der Waals surface area contributed by atoms with Gasteiger partial charge in [0.15, 0.2) is 0 Å². The lowest BCUT2D eigenvalue weighted by Crippen LogP contribution is -2.27. The number of rotatable bonds is 0. The van der Waals surface area contributed by atoms with Crippen molar-refractivity contribution in [2.45, 2.75) is 13.3 Å². The number of nitrogens with one attached hydrogen (secondary N) is 1. The van der Waals surface area contributed by atoms with Gasteiger partial charge in [0, 0.05) is 13.3 Å². The molecule has 3 heteroatoms. The van der Waals surface area contributed by atoms with Crippen LogP contribution in [-0.4, -0.2) is 11.7 Å². The number of carbonyl (C=O) groups excluding carboxylic acids is 1. The van der Waals surface area contributed by atoms with Crippen molar-refractivity contribution in [3.05, 3.63) is 29.8 Å². The molecule has 13 heavy (non-hydrogen) atoms.